The van der Waals surface area contributed by atoms with E-state index in [9.17, 15) is 4.79 Å². The van der Waals surface area contributed by atoms with Crippen molar-refractivity contribution < 1.29 is 4.79 Å². The number of rotatable bonds is 6. The van der Waals surface area contributed by atoms with Gasteiger partial charge in [0.1, 0.15) is 22.3 Å². The number of amides is 1. The number of hydrogen-bond acceptors (Lipinski definition) is 7. The largest absolute Gasteiger partial charge is 0.344 e. The molecule has 0 atom stereocenters. The van der Waals surface area contributed by atoms with E-state index in [2.05, 4.69) is 35.6 Å². The number of aryl methyl sites for hydroxylation is 1. The Hall–Kier alpha value is -3.59. The summed E-state index contributed by atoms with van der Waals surface area (Å²) in [6.07, 6.45) is 6.47. The van der Waals surface area contributed by atoms with Crippen molar-refractivity contribution >= 4 is 28.9 Å². The van der Waals surface area contributed by atoms with Gasteiger partial charge in [0.2, 0.25) is 0 Å². The molecule has 4 aromatic heterocycles. The van der Waals surface area contributed by atoms with Crippen LogP contribution in [0.2, 0.25) is 0 Å². The Morgan fingerprint density at radius 2 is 2.11 bits per heavy atom. The van der Waals surface area contributed by atoms with Crippen molar-refractivity contribution in [2.24, 2.45) is 0 Å². The highest BCUT2D eigenvalue weighted by Crippen LogP contribution is 2.26. The molecule has 140 valence electrons. The minimum absolute atomic E-state index is 0.218. The summed E-state index contributed by atoms with van der Waals surface area (Å²) in [7, 11) is 0. The molecule has 0 aliphatic heterocycles. The number of nitrogens with one attached hydrogen (secondary N) is 3. The van der Waals surface area contributed by atoms with E-state index in [1.807, 2.05) is 37.3 Å². The van der Waals surface area contributed by atoms with Gasteiger partial charge in [-0.3, -0.25) is 4.79 Å². The van der Waals surface area contributed by atoms with Gasteiger partial charge < -0.3 is 15.6 Å². The molecule has 28 heavy (non-hydrogen) atoms. The molecule has 0 aliphatic rings. The molecule has 1 amide bonds. The Labute approximate surface area is 165 Å². The highest BCUT2D eigenvalue weighted by molar-refractivity contribution is 7.15. The van der Waals surface area contributed by atoms with Crippen LogP contribution in [0.1, 0.15) is 21.1 Å². The number of H-pyrrole nitrogens is 1. The average Bonchev–Trinajstić information content (AvgIpc) is 3.39. The van der Waals surface area contributed by atoms with Crippen LogP contribution >= 0.6 is 11.3 Å². The van der Waals surface area contributed by atoms with Gasteiger partial charge in [0.15, 0.2) is 0 Å². The lowest BCUT2D eigenvalue weighted by Gasteiger charge is -2.06. The number of aromatic nitrogens is 5. The lowest BCUT2D eigenvalue weighted by molar-refractivity contribution is 0.0946. The summed E-state index contributed by atoms with van der Waals surface area (Å²) in [5.74, 6) is 1.23. The smallest absolute Gasteiger partial charge is 0.269 e. The molecule has 0 radical (unpaired) electrons. The summed E-state index contributed by atoms with van der Waals surface area (Å²) in [5.41, 5.74) is 2.35. The minimum Gasteiger partial charge on any atom is -0.344 e. The van der Waals surface area contributed by atoms with Gasteiger partial charge in [0, 0.05) is 12.4 Å². The van der Waals surface area contributed by atoms with Crippen LogP contribution in [0.15, 0.2) is 55.2 Å². The third-order valence-corrected chi connectivity index (χ3v) is 4.89. The molecule has 0 fully saturated rings. The van der Waals surface area contributed by atoms with Crippen molar-refractivity contribution in [2.75, 3.05) is 5.32 Å². The van der Waals surface area contributed by atoms with Gasteiger partial charge in [-0.15, -0.1) is 11.3 Å². The second kappa shape index (κ2) is 7.97. The van der Waals surface area contributed by atoms with Crippen molar-refractivity contribution in [3.05, 3.63) is 71.5 Å². The maximum absolute atomic E-state index is 12.0. The number of hydrogen-bond donors (Lipinski definition) is 3. The first-order chi connectivity index (χ1) is 13.7. The third-order valence-electron chi connectivity index (χ3n) is 3.87. The summed E-state index contributed by atoms with van der Waals surface area (Å²) in [6.45, 7) is 2.36. The van der Waals surface area contributed by atoms with Crippen LogP contribution in [0.25, 0.3) is 10.6 Å². The molecule has 0 saturated carbocycles. The van der Waals surface area contributed by atoms with Crippen LogP contribution in [0.4, 0.5) is 11.6 Å². The monoisotopic (exact) mass is 391 g/mol. The molecule has 9 heteroatoms. The van der Waals surface area contributed by atoms with Crippen LogP contribution < -0.4 is 10.6 Å². The summed E-state index contributed by atoms with van der Waals surface area (Å²) in [4.78, 5) is 32.8. The van der Waals surface area contributed by atoms with E-state index in [0.29, 0.717) is 18.1 Å². The van der Waals surface area contributed by atoms with Crippen molar-refractivity contribution in [3.8, 4) is 10.6 Å². The number of carbonyl (C=O) groups excluding carboxylic acids is 1. The van der Waals surface area contributed by atoms with Crippen molar-refractivity contribution in [1.82, 2.24) is 30.2 Å². The predicted octanol–water partition coefficient (Wildman–Crippen LogP) is 3.31. The fourth-order valence-corrected chi connectivity index (χ4v) is 3.35. The SMILES string of the molecule is Cc1ccnc(Nc2cccc(-c3cnc(CNC(=O)c4cnc[nH]4)s3)n2)c1. The van der Waals surface area contributed by atoms with Crippen LogP contribution in [0, 0.1) is 6.92 Å². The van der Waals surface area contributed by atoms with Gasteiger partial charge in [0.25, 0.3) is 5.91 Å². The predicted molar refractivity (Wildman–Crippen MR) is 107 cm³/mol. The van der Waals surface area contributed by atoms with Crippen LogP contribution in [0.5, 0.6) is 0 Å². The highest BCUT2D eigenvalue weighted by Gasteiger charge is 2.10. The van der Waals surface area contributed by atoms with Crippen LogP contribution in [-0.2, 0) is 6.54 Å². The van der Waals surface area contributed by atoms with Gasteiger partial charge in [-0.25, -0.2) is 19.9 Å². The van der Waals surface area contributed by atoms with Gasteiger partial charge in [-0.1, -0.05) is 6.07 Å². The number of pyridine rings is 2. The number of imidazole rings is 1. The van der Waals surface area contributed by atoms with Gasteiger partial charge in [0.05, 0.1) is 29.6 Å². The number of nitrogens with zero attached hydrogens (tertiary/aromatic N) is 4. The fraction of sp³-hybridized carbons (Fsp3) is 0.105. The zero-order valence-corrected chi connectivity index (χ0v) is 15.8. The zero-order chi connectivity index (χ0) is 19.3. The van der Waals surface area contributed by atoms with Crippen molar-refractivity contribution in [1.29, 1.82) is 0 Å². The standard InChI is InChI=1S/C19H17N7OS/c1-12-5-6-21-17(7-12)26-16-4-2-3-13(25-16)15-9-22-18(28-15)10-23-19(27)14-8-20-11-24-14/h2-9,11H,10H2,1H3,(H,20,24)(H,23,27)(H,21,25,26). The Bertz CT molecular complexity index is 1090. The van der Waals surface area contributed by atoms with E-state index in [1.165, 1.54) is 23.9 Å². The van der Waals surface area contributed by atoms with Gasteiger partial charge >= 0.3 is 0 Å². The van der Waals surface area contributed by atoms with Crippen molar-refractivity contribution in [2.45, 2.75) is 13.5 Å². The Morgan fingerprint density at radius 3 is 2.93 bits per heavy atom. The van der Waals surface area contributed by atoms with Gasteiger partial charge in [-0.2, -0.15) is 0 Å². The molecule has 4 rings (SSSR count). The molecule has 0 spiro atoms. The van der Waals surface area contributed by atoms with E-state index < -0.39 is 0 Å². The second-order valence-electron chi connectivity index (χ2n) is 6.02. The first-order valence-corrected chi connectivity index (χ1v) is 9.37. The van der Waals surface area contributed by atoms with Gasteiger partial charge in [-0.05, 0) is 36.8 Å². The second-order valence-corrected chi connectivity index (χ2v) is 7.13. The Kier molecular flexibility index (Phi) is 5.07. The maximum Gasteiger partial charge on any atom is 0.269 e. The number of carbonyl (C=O) groups is 1. The summed E-state index contributed by atoms with van der Waals surface area (Å²) < 4.78 is 0. The molecular weight excluding hydrogens is 374 g/mol. The molecule has 0 aromatic carbocycles. The molecule has 3 N–H and O–H groups in total. The van der Waals surface area contributed by atoms with E-state index in [4.69, 9.17) is 0 Å². The average molecular weight is 391 g/mol. The number of aromatic amines is 1. The summed E-state index contributed by atoms with van der Waals surface area (Å²) >= 11 is 1.49. The molecule has 0 saturated heterocycles. The fourth-order valence-electron chi connectivity index (χ4n) is 2.52. The highest BCUT2D eigenvalue weighted by atomic mass is 32.1. The molecule has 0 bridgehead atoms. The molecule has 0 unspecified atom stereocenters. The van der Waals surface area contributed by atoms with Crippen molar-refractivity contribution in [3.63, 3.8) is 0 Å². The first-order valence-electron chi connectivity index (χ1n) is 8.56. The Balaban J connectivity index is 1.44. The van der Waals surface area contributed by atoms with Crippen LogP contribution in [-0.4, -0.2) is 30.8 Å². The quantitative estimate of drug-likeness (QED) is 0.465. The molecule has 0 aliphatic carbocycles. The maximum atomic E-state index is 12.0. The van der Waals surface area contributed by atoms with E-state index in [-0.39, 0.29) is 5.91 Å². The van der Waals surface area contributed by atoms with E-state index in [0.717, 1.165) is 27.0 Å². The third kappa shape index (κ3) is 4.21. The van der Waals surface area contributed by atoms with E-state index in [1.54, 1.807) is 12.4 Å². The zero-order valence-electron chi connectivity index (χ0n) is 15.0. The summed E-state index contributed by atoms with van der Waals surface area (Å²) in [6, 6.07) is 9.65. The molecule has 8 nitrogen and oxygen atoms in total. The first kappa shape index (κ1) is 17.8. The lowest BCUT2D eigenvalue weighted by atomic mass is 10.3. The van der Waals surface area contributed by atoms with E-state index >= 15 is 0 Å². The minimum atomic E-state index is -0.218. The molecular formula is C19H17N7OS. The topological polar surface area (TPSA) is 108 Å². The number of anilines is 2. The molecule has 4 aromatic rings. The van der Waals surface area contributed by atoms with Crippen LogP contribution in [0.3, 0.4) is 0 Å². The normalized spacial score (nSPS) is 10.6. The molecule has 4 heterocycles. The summed E-state index contributed by atoms with van der Waals surface area (Å²) in [5, 5.41) is 6.82. The number of thiazole rings is 1. The Morgan fingerprint density at radius 1 is 1.18 bits per heavy atom. The lowest BCUT2D eigenvalue weighted by Crippen LogP contribution is -2.22.